The van der Waals surface area contributed by atoms with Gasteiger partial charge in [0.15, 0.2) is 17.5 Å². The summed E-state index contributed by atoms with van der Waals surface area (Å²) in [5.74, 6) is 0.125. The molecule has 0 unspecified atom stereocenters. The van der Waals surface area contributed by atoms with Crippen LogP contribution < -0.4 is 10.9 Å². The molecule has 0 aliphatic carbocycles. The highest BCUT2D eigenvalue weighted by Gasteiger charge is 2.17. The number of anilines is 3. The highest BCUT2D eigenvalue weighted by atomic mass is 35.5. The van der Waals surface area contributed by atoms with Crippen molar-refractivity contribution < 1.29 is 8.87 Å². The molecular weight excluding hydrogens is 386 g/mol. The summed E-state index contributed by atoms with van der Waals surface area (Å²) in [5, 5.41) is 15.8. The molecule has 28 heavy (non-hydrogen) atoms. The van der Waals surface area contributed by atoms with E-state index in [2.05, 4.69) is 15.4 Å². The van der Waals surface area contributed by atoms with Crippen LogP contribution in [0.5, 0.6) is 0 Å². The molecule has 0 radical (unpaired) electrons. The van der Waals surface area contributed by atoms with Gasteiger partial charge in [0.1, 0.15) is 5.15 Å². The van der Waals surface area contributed by atoms with Gasteiger partial charge in [-0.25, -0.2) is 19.6 Å². The third-order valence-corrected chi connectivity index (χ3v) is 4.39. The minimum Gasteiger partial charge on any atom is -0.336 e. The molecule has 140 valence electrons. The average molecular weight is 399 g/mol. The number of aromatic nitrogens is 3. The van der Waals surface area contributed by atoms with Gasteiger partial charge >= 0.3 is 0 Å². The fraction of sp³-hybridized carbons (Fsp3) is 0. The van der Waals surface area contributed by atoms with Crippen molar-refractivity contribution in [3.05, 3.63) is 71.1 Å². The number of nitrogens with one attached hydrogen (secondary N) is 3. The van der Waals surface area contributed by atoms with Crippen molar-refractivity contribution in [3.8, 4) is 5.82 Å². The molecular formula is C19H13ClF2N6. The Bertz CT molecular complexity index is 1190. The van der Waals surface area contributed by atoms with Crippen LogP contribution in [0.3, 0.4) is 0 Å². The van der Waals surface area contributed by atoms with E-state index in [0.717, 1.165) is 17.1 Å². The van der Waals surface area contributed by atoms with Crippen LogP contribution in [0, 0.1) is 11.2 Å². The SMILES string of the molecule is N=Cc1c(NF)ccc(Nc2nn(-c3cccc(Cl)n3)c3ccccc23)c1F. The predicted octanol–water partition coefficient (Wildman–Crippen LogP) is 5.25. The number of nitrogens with zero attached hydrogens (tertiary/aromatic N) is 3. The highest BCUT2D eigenvalue weighted by molar-refractivity contribution is 6.29. The minimum atomic E-state index is -0.767. The Balaban J connectivity index is 1.84. The van der Waals surface area contributed by atoms with Crippen LogP contribution in [0.25, 0.3) is 16.7 Å². The molecule has 0 atom stereocenters. The topological polar surface area (TPSA) is 78.6 Å². The van der Waals surface area contributed by atoms with Gasteiger partial charge in [0.25, 0.3) is 0 Å². The van der Waals surface area contributed by atoms with Gasteiger partial charge in [-0.1, -0.05) is 29.8 Å². The van der Waals surface area contributed by atoms with E-state index < -0.39 is 5.82 Å². The van der Waals surface area contributed by atoms with E-state index in [4.69, 9.17) is 17.0 Å². The van der Waals surface area contributed by atoms with E-state index >= 15 is 0 Å². The lowest BCUT2D eigenvalue weighted by Gasteiger charge is -2.10. The number of benzene rings is 2. The van der Waals surface area contributed by atoms with Gasteiger partial charge in [-0.2, -0.15) is 0 Å². The Kier molecular flexibility index (Phi) is 4.62. The Morgan fingerprint density at radius 1 is 1.04 bits per heavy atom. The van der Waals surface area contributed by atoms with Crippen LogP contribution in [-0.2, 0) is 0 Å². The van der Waals surface area contributed by atoms with Crippen molar-refractivity contribution in [3.63, 3.8) is 0 Å². The molecule has 6 nitrogen and oxygen atoms in total. The monoisotopic (exact) mass is 398 g/mol. The van der Waals surface area contributed by atoms with E-state index in [0.29, 0.717) is 16.8 Å². The third kappa shape index (κ3) is 3.03. The Morgan fingerprint density at radius 3 is 2.57 bits per heavy atom. The summed E-state index contributed by atoms with van der Waals surface area (Å²) in [7, 11) is 0. The summed E-state index contributed by atoms with van der Waals surface area (Å²) < 4.78 is 29.1. The third-order valence-electron chi connectivity index (χ3n) is 4.18. The molecule has 2 aromatic carbocycles. The first kappa shape index (κ1) is 17.9. The van der Waals surface area contributed by atoms with E-state index in [1.807, 2.05) is 24.3 Å². The van der Waals surface area contributed by atoms with Crippen molar-refractivity contribution in [2.24, 2.45) is 0 Å². The fourth-order valence-corrected chi connectivity index (χ4v) is 3.05. The zero-order chi connectivity index (χ0) is 19.7. The quantitative estimate of drug-likeness (QED) is 0.244. The van der Waals surface area contributed by atoms with Crippen LogP contribution in [0.1, 0.15) is 5.56 Å². The van der Waals surface area contributed by atoms with E-state index in [-0.39, 0.29) is 16.9 Å². The first-order chi connectivity index (χ1) is 13.6. The predicted molar refractivity (Wildman–Crippen MR) is 106 cm³/mol. The van der Waals surface area contributed by atoms with Crippen LogP contribution in [-0.4, -0.2) is 21.0 Å². The van der Waals surface area contributed by atoms with Crippen molar-refractivity contribution in [2.75, 3.05) is 10.9 Å². The summed E-state index contributed by atoms with van der Waals surface area (Å²) in [6.45, 7) is 0. The lowest BCUT2D eigenvalue weighted by molar-refractivity contribution is 0.606. The van der Waals surface area contributed by atoms with Crippen LogP contribution in [0.2, 0.25) is 5.15 Å². The Hall–Kier alpha value is -3.52. The van der Waals surface area contributed by atoms with E-state index in [9.17, 15) is 8.87 Å². The van der Waals surface area contributed by atoms with Crippen molar-refractivity contribution in [1.82, 2.24) is 14.8 Å². The zero-order valence-electron chi connectivity index (χ0n) is 14.2. The van der Waals surface area contributed by atoms with Crippen molar-refractivity contribution in [2.45, 2.75) is 0 Å². The minimum absolute atomic E-state index is 0.0620. The summed E-state index contributed by atoms with van der Waals surface area (Å²) in [6, 6.07) is 15.2. The zero-order valence-corrected chi connectivity index (χ0v) is 15.0. The lowest BCUT2D eigenvalue weighted by Crippen LogP contribution is -2.03. The number of rotatable bonds is 5. The molecule has 0 aliphatic heterocycles. The summed E-state index contributed by atoms with van der Waals surface area (Å²) in [4.78, 5) is 4.27. The van der Waals surface area contributed by atoms with Gasteiger partial charge in [0.2, 0.25) is 0 Å². The van der Waals surface area contributed by atoms with Crippen LogP contribution in [0.15, 0.2) is 54.6 Å². The second-order valence-corrected chi connectivity index (χ2v) is 6.24. The number of pyridine rings is 1. The van der Waals surface area contributed by atoms with Gasteiger partial charge in [0.05, 0.1) is 22.5 Å². The van der Waals surface area contributed by atoms with Gasteiger partial charge in [-0.05, 0) is 36.4 Å². The molecule has 3 N–H and O–H groups in total. The first-order valence-corrected chi connectivity index (χ1v) is 8.57. The van der Waals surface area contributed by atoms with Gasteiger partial charge in [0, 0.05) is 11.6 Å². The number of para-hydroxylation sites is 1. The second-order valence-electron chi connectivity index (χ2n) is 5.85. The van der Waals surface area contributed by atoms with Gasteiger partial charge in [-0.3, -0.25) is 0 Å². The molecule has 0 spiro atoms. The smallest absolute Gasteiger partial charge is 0.160 e. The maximum absolute atomic E-state index is 14.7. The summed E-state index contributed by atoms with van der Waals surface area (Å²) in [5.41, 5.74) is 1.86. The van der Waals surface area contributed by atoms with E-state index in [1.54, 1.807) is 22.9 Å². The Labute approximate surface area is 163 Å². The first-order valence-electron chi connectivity index (χ1n) is 8.19. The standard InChI is InChI=1S/C19H13ClF2N6/c20-16-6-3-7-17(25-16)28-15-5-2-1-4-11(15)19(27-28)24-14-9-8-13(26-22)12(10-23)18(14)21/h1-10,23,26H,(H,24,27). The molecule has 0 saturated heterocycles. The van der Waals surface area contributed by atoms with Gasteiger partial charge < -0.3 is 10.7 Å². The highest BCUT2D eigenvalue weighted by Crippen LogP contribution is 2.31. The molecule has 0 saturated carbocycles. The van der Waals surface area contributed by atoms with Crippen LogP contribution in [0.4, 0.5) is 26.1 Å². The van der Waals surface area contributed by atoms with Crippen molar-refractivity contribution in [1.29, 1.82) is 5.41 Å². The molecule has 0 aliphatic rings. The molecule has 4 rings (SSSR count). The number of halogens is 3. The molecule has 4 aromatic rings. The molecule has 9 heteroatoms. The maximum Gasteiger partial charge on any atom is 0.160 e. The number of hydrogen-bond acceptors (Lipinski definition) is 5. The van der Waals surface area contributed by atoms with Crippen LogP contribution >= 0.6 is 11.6 Å². The molecule has 0 bridgehead atoms. The summed E-state index contributed by atoms with van der Waals surface area (Å²) in [6.07, 6.45) is 0.745. The maximum atomic E-state index is 14.7. The van der Waals surface area contributed by atoms with Crippen molar-refractivity contribution >= 4 is 45.9 Å². The molecule has 2 aromatic heterocycles. The molecule has 0 amide bonds. The second kappa shape index (κ2) is 7.24. The number of hydrogen-bond donors (Lipinski definition) is 3. The Morgan fingerprint density at radius 2 is 1.82 bits per heavy atom. The lowest BCUT2D eigenvalue weighted by atomic mass is 10.1. The largest absolute Gasteiger partial charge is 0.336 e. The fourth-order valence-electron chi connectivity index (χ4n) is 2.89. The normalized spacial score (nSPS) is 10.8. The summed E-state index contributed by atoms with van der Waals surface area (Å²) >= 11 is 5.99. The van der Waals surface area contributed by atoms with E-state index in [1.165, 1.54) is 17.7 Å². The number of fused-ring (bicyclic) bond motifs is 1. The average Bonchev–Trinajstić information content (AvgIpc) is 3.08. The molecule has 2 heterocycles. The molecule has 0 fully saturated rings. The van der Waals surface area contributed by atoms with Gasteiger partial charge in [-0.15, -0.1) is 9.58 Å².